The fraction of sp³-hybridized carbons (Fsp3) is 0.471. The second-order valence-electron chi connectivity index (χ2n) is 6.49. The number of esters is 1. The van der Waals surface area contributed by atoms with Crippen molar-refractivity contribution in [1.29, 1.82) is 0 Å². The van der Waals surface area contributed by atoms with Gasteiger partial charge in [-0.2, -0.15) is 0 Å². The number of hydrogen-bond donors (Lipinski definition) is 1. The van der Waals surface area contributed by atoms with Crippen LogP contribution < -0.4 is 17.0 Å². The molecule has 4 atom stereocenters. The summed E-state index contributed by atoms with van der Waals surface area (Å²) in [6.45, 7) is 0. The predicted octanol–water partition coefficient (Wildman–Crippen LogP) is -1.19. The van der Waals surface area contributed by atoms with Crippen LogP contribution >= 0.6 is 0 Å². The molecule has 0 amide bonds. The van der Waals surface area contributed by atoms with Crippen LogP contribution in [0.4, 0.5) is 0 Å². The van der Waals surface area contributed by atoms with Gasteiger partial charge in [0, 0.05) is 12.8 Å². The Bertz CT molecular complexity index is 540. The molecule has 22 heavy (non-hydrogen) atoms. The lowest BCUT2D eigenvalue weighted by molar-refractivity contribution is -0.926. The number of aliphatic hydroxyl groups excluding tert-OH is 1. The summed E-state index contributed by atoms with van der Waals surface area (Å²) < 4.78 is 6.48. The third-order valence-corrected chi connectivity index (χ3v) is 4.90. The summed E-state index contributed by atoms with van der Waals surface area (Å²) in [5, 5.41) is 10.1. The lowest BCUT2D eigenvalue weighted by Gasteiger charge is -2.43. The van der Waals surface area contributed by atoms with Crippen molar-refractivity contribution < 1.29 is 36.1 Å². The number of ether oxygens (including phenoxy) is 1. The average Bonchev–Trinajstić information content (AvgIpc) is 2.67. The summed E-state index contributed by atoms with van der Waals surface area (Å²) in [5.74, 6) is -0.544. The molecule has 5 heteroatoms. The molecule has 120 valence electrons. The molecule has 4 nitrogen and oxygen atoms in total. The molecule has 0 radical (unpaired) electrons. The van der Waals surface area contributed by atoms with Gasteiger partial charge in [0.25, 0.3) is 0 Å². The van der Waals surface area contributed by atoms with Gasteiger partial charge in [-0.3, -0.25) is 0 Å². The van der Waals surface area contributed by atoms with E-state index < -0.39 is 12.1 Å². The number of aliphatic hydroxyl groups is 1. The summed E-state index contributed by atoms with van der Waals surface area (Å²) in [6, 6.07) is 9.72. The largest absolute Gasteiger partial charge is 1.00 e. The van der Waals surface area contributed by atoms with Gasteiger partial charge in [0.2, 0.25) is 0 Å². The summed E-state index contributed by atoms with van der Waals surface area (Å²) >= 11 is 0. The van der Waals surface area contributed by atoms with Crippen molar-refractivity contribution in [3.8, 4) is 0 Å². The highest BCUT2D eigenvalue weighted by Crippen LogP contribution is 2.36. The van der Waals surface area contributed by atoms with E-state index in [0.29, 0.717) is 17.6 Å². The fourth-order valence-corrected chi connectivity index (χ4v) is 3.38. The van der Waals surface area contributed by atoms with Crippen molar-refractivity contribution in [3.05, 3.63) is 48.0 Å². The number of quaternary nitrogens is 1. The van der Waals surface area contributed by atoms with Gasteiger partial charge in [-0.15, -0.1) is 0 Å². The van der Waals surface area contributed by atoms with Gasteiger partial charge < -0.3 is 31.3 Å². The molecule has 0 aromatic heterocycles. The minimum atomic E-state index is -1.19. The van der Waals surface area contributed by atoms with Crippen LogP contribution in [0.5, 0.6) is 0 Å². The Morgan fingerprint density at radius 1 is 1.18 bits per heavy atom. The highest BCUT2D eigenvalue weighted by Gasteiger charge is 2.46. The van der Waals surface area contributed by atoms with Crippen LogP contribution in [0.1, 0.15) is 24.5 Å². The van der Waals surface area contributed by atoms with Crippen LogP contribution in [0.15, 0.2) is 42.5 Å². The molecule has 0 aliphatic carbocycles. The van der Waals surface area contributed by atoms with Crippen molar-refractivity contribution in [2.75, 3.05) is 14.1 Å². The molecule has 2 unspecified atom stereocenters. The lowest BCUT2D eigenvalue weighted by Crippen LogP contribution is -3.00. The van der Waals surface area contributed by atoms with Gasteiger partial charge in [-0.05, 0) is 17.7 Å². The van der Waals surface area contributed by atoms with Crippen LogP contribution in [0, 0.1) is 0 Å². The van der Waals surface area contributed by atoms with Crippen LogP contribution in [-0.4, -0.2) is 47.8 Å². The third kappa shape index (κ3) is 3.12. The minimum Gasteiger partial charge on any atom is -1.00 e. The highest BCUT2D eigenvalue weighted by molar-refractivity contribution is 5.76. The first-order valence-corrected chi connectivity index (χ1v) is 7.43. The summed E-state index contributed by atoms with van der Waals surface area (Å²) in [6.07, 6.45) is 4.81. The molecule has 0 spiro atoms. The van der Waals surface area contributed by atoms with E-state index in [1.54, 1.807) is 24.3 Å². The van der Waals surface area contributed by atoms with E-state index in [2.05, 4.69) is 26.2 Å². The molecule has 1 aromatic rings. The van der Waals surface area contributed by atoms with Crippen molar-refractivity contribution in [2.45, 2.75) is 37.1 Å². The normalized spacial score (nSPS) is 29.5. The maximum absolute atomic E-state index is 12.1. The zero-order chi connectivity index (χ0) is 15.0. The van der Waals surface area contributed by atoms with Crippen LogP contribution in [0.25, 0.3) is 0 Å². The Morgan fingerprint density at radius 3 is 2.27 bits per heavy atom. The molecular formula is C17H22BrNO3. The molecule has 2 aliphatic heterocycles. The lowest BCUT2D eigenvalue weighted by atomic mass is 9.96. The number of rotatable bonds is 3. The number of halogens is 1. The predicted molar refractivity (Wildman–Crippen MR) is 79.3 cm³/mol. The molecule has 1 fully saturated rings. The van der Waals surface area contributed by atoms with Gasteiger partial charge >= 0.3 is 5.97 Å². The Labute approximate surface area is 141 Å². The molecule has 0 saturated carbocycles. The van der Waals surface area contributed by atoms with E-state index >= 15 is 0 Å². The van der Waals surface area contributed by atoms with Crippen LogP contribution in [0.3, 0.4) is 0 Å². The van der Waals surface area contributed by atoms with E-state index in [0.717, 1.165) is 17.3 Å². The van der Waals surface area contributed by atoms with E-state index in [4.69, 9.17) is 4.74 Å². The first-order valence-electron chi connectivity index (χ1n) is 7.43. The minimum absolute atomic E-state index is 0. The first kappa shape index (κ1) is 17.2. The monoisotopic (exact) mass is 367 g/mol. The average molecular weight is 368 g/mol. The molecule has 1 N–H and O–H groups in total. The zero-order valence-electron chi connectivity index (χ0n) is 12.9. The van der Waals surface area contributed by atoms with Crippen molar-refractivity contribution in [3.63, 3.8) is 0 Å². The van der Waals surface area contributed by atoms with Crippen molar-refractivity contribution in [1.82, 2.24) is 0 Å². The molecule has 2 aliphatic rings. The van der Waals surface area contributed by atoms with Gasteiger partial charge in [0.05, 0.1) is 14.1 Å². The molecule has 1 aromatic carbocycles. The SMILES string of the molecule is C[N+]1(C)[C@@H]2C=C[C@H]1CC(OC(=O)C(O)c1ccccc1)C2.[Br-]. The number of nitrogens with zero attached hydrogens (tertiary/aromatic N) is 1. The Balaban J connectivity index is 0.00000176. The summed E-state index contributed by atoms with van der Waals surface area (Å²) in [5.41, 5.74) is 0.579. The van der Waals surface area contributed by atoms with Crippen LogP contribution in [-0.2, 0) is 9.53 Å². The van der Waals surface area contributed by atoms with E-state index in [1.807, 2.05) is 6.07 Å². The standard InChI is InChI=1S/C17H22NO3.BrH/c1-18(2)13-8-9-14(18)11-15(10-13)21-17(20)16(19)12-6-4-3-5-7-12;/h3-9,13-16,19H,10-11H2,1-2H3;1H/q+1;/p-1/t13-,14+,15?,16?;. The molecule has 3 rings (SSSR count). The quantitative estimate of drug-likeness (QED) is 0.415. The van der Waals surface area contributed by atoms with Crippen LogP contribution in [0.2, 0.25) is 0 Å². The number of carbonyl (C=O) groups is 1. The van der Waals surface area contributed by atoms with Crippen molar-refractivity contribution in [2.24, 2.45) is 0 Å². The zero-order valence-corrected chi connectivity index (χ0v) is 14.4. The molecule has 2 bridgehead atoms. The Kier molecular flexibility index (Phi) is 5.10. The van der Waals surface area contributed by atoms with Gasteiger partial charge in [-0.1, -0.05) is 30.3 Å². The van der Waals surface area contributed by atoms with Gasteiger partial charge in [0.1, 0.15) is 18.2 Å². The van der Waals surface area contributed by atoms with E-state index in [9.17, 15) is 9.90 Å². The molecule has 1 saturated heterocycles. The van der Waals surface area contributed by atoms with Gasteiger partial charge in [0.15, 0.2) is 6.10 Å². The number of likely N-dealkylation sites (N-methyl/N-ethyl adjacent to an activating group) is 1. The van der Waals surface area contributed by atoms with Crippen molar-refractivity contribution >= 4 is 5.97 Å². The number of benzene rings is 1. The first-order chi connectivity index (χ1) is 9.98. The summed E-state index contributed by atoms with van der Waals surface area (Å²) in [7, 11) is 4.43. The van der Waals surface area contributed by atoms with Gasteiger partial charge in [-0.25, -0.2) is 4.79 Å². The van der Waals surface area contributed by atoms with E-state index in [-0.39, 0.29) is 23.1 Å². The molecule has 2 heterocycles. The third-order valence-electron chi connectivity index (χ3n) is 4.90. The number of carbonyl (C=O) groups excluding carboxylic acids is 1. The van der Waals surface area contributed by atoms with E-state index in [1.165, 1.54) is 0 Å². The second-order valence-corrected chi connectivity index (χ2v) is 6.49. The Morgan fingerprint density at radius 2 is 1.73 bits per heavy atom. The smallest absolute Gasteiger partial charge is 0.339 e. The number of fused-ring (bicyclic) bond motifs is 2. The molecular weight excluding hydrogens is 346 g/mol. The summed E-state index contributed by atoms with van der Waals surface area (Å²) in [4.78, 5) is 12.1. The topological polar surface area (TPSA) is 46.5 Å². The number of piperidine rings is 1. The second kappa shape index (κ2) is 6.52. The maximum atomic E-state index is 12.1. The Hall–Kier alpha value is -1.17. The maximum Gasteiger partial charge on any atom is 0.339 e. The fourth-order valence-electron chi connectivity index (χ4n) is 3.38. The number of hydrogen-bond acceptors (Lipinski definition) is 3. The highest BCUT2D eigenvalue weighted by atomic mass is 79.9.